The van der Waals surface area contributed by atoms with Crippen molar-refractivity contribution in [3.05, 3.63) is 53.3 Å². The van der Waals surface area contributed by atoms with Gasteiger partial charge in [-0.25, -0.2) is 12.8 Å². The van der Waals surface area contributed by atoms with Gasteiger partial charge in [-0.15, -0.1) is 0 Å². The molecule has 2 aromatic carbocycles. The highest BCUT2D eigenvalue weighted by Crippen LogP contribution is 2.31. The van der Waals surface area contributed by atoms with Crippen LogP contribution >= 0.6 is 11.6 Å². The number of halogens is 2. The fraction of sp³-hybridized carbons (Fsp3) is 0.409. The topological polar surface area (TPSA) is 79.0 Å². The van der Waals surface area contributed by atoms with Crippen molar-refractivity contribution in [2.75, 3.05) is 49.6 Å². The summed E-state index contributed by atoms with van der Waals surface area (Å²) in [6.45, 7) is 3.01. The van der Waals surface area contributed by atoms with Gasteiger partial charge in [-0.05, 0) is 55.3 Å². The minimum Gasteiger partial charge on any atom is -0.378 e. The van der Waals surface area contributed by atoms with E-state index in [0.29, 0.717) is 56.4 Å². The summed E-state index contributed by atoms with van der Waals surface area (Å²) in [5, 5.41) is 3.46. The highest BCUT2D eigenvalue weighted by molar-refractivity contribution is 7.89. The molecule has 7 nitrogen and oxygen atoms in total. The van der Waals surface area contributed by atoms with E-state index in [1.807, 2.05) is 6.07 Å². The van der Waals surface area contributed by atoms with E-state index in [4.69, 9.17) is 16.3 Å². The van der Waals surface area contributed by atoms with Crippen LogP contribution in [0.15, 0.2) is 47.4 Å². The monoisotopic (exact) mass is 481 g/mol. The van der Waals surface area contributed by atoms with Crippen molar-refractivity contribution < 1.29 is 22.3 Å². The van der Waals surface area contributed by atoms with Crippen LogP contribution in [0.2, 0.25) is 5.02 Å². The minimum absolute atomic E-state index is 0.0180. The summed E-state index contributed by atoms with van der Waals surface area (Å²) in [6.07, 6.45) is 1.14. The van der Waals surface area contributed by atoms with Gasteiger partial charge >= 0.3 is 0 Å². The normalized spacial score (nSPS) is 20.2. The number of amides is 1. The first-order valence-electron chi connectivity index (χ1n) is 10.5. The zero-order valence-corrected chi connectivity index (χ0v) is 19.0. The lowest BCUT2D eigenvalue weighted by Crippen LogP contribution is -2.44. The molecule has 0 radical (unpaired) electrons. The van der Waals surface area contributed by atoms with E-state index < -0.39 is 21.8 Å². The molecule has 0 saturated carbocycles. The lowest BCUT2D eigenvalue weighted by Gasteiger charge is -2.33. The van der Waals surface area contributed by atoms with Gasteiger partial charge < -0.3 is 15.0 Å². The van der Waals surface area contributed by atoms with Gasteiger partial charge in [0.05, 0.1) is 35.4 Å². The maximum Gasteiger partial charge on any atom is 0.243 e. The number of ether oxygens (including phenoxy) is 1. The van der Waals surface area contributed by atoms with Crippen LogP contribution < -0.4 is 10.2 Å². The smallest absolute Gasteiger partial charge is 0.243 e. The van der Waals surface area contributed by atoms with Crippen molar-refractivity contribution in [2.45, 2.75) is 17.7 Å². The number of benzene rings is 2. The van der Waals surface area contributed by atoms with Crippen molar-refractivity contribution >= 4 is 38.9 Å². The van der Waals surface area contributed by atoms with E-state index in [-0.39, 0.29) is 17.3 Å². The number of anilines is 2. The molecule has 0 aliphatic carbocycles. The number of piperidine rings is 1. The van der Waals surface area contributed by atoms with E-state index in [0.717, 1.165) is 17.8 Å². The Kier molecular flexibility index (Phi) is 6.99. The molecular formula is C22H25ClFN3O4S. The summed E-state index contributed by atoms with van der Waals surface area (Å²) < 4.78 is 45.8. The zero-order valence-electron chi connectivity index (χ0n) is 17.5. The van der Waals surface area contributed by atoms with Gasteiger partial charge in [-0.2, -0.15) is 4.31 Å². The third kappa shape index (κ3) is 5.06. The molecule has 2 saturated heterocycles. The summed E-state index contributed by atoms with van der Waals surface area (Å²) in [7, 11) is -3.81. The Labute approximate surface area is 192 Å². The van der Waals surface area contributed by atoms with Crippen LogP contribution in [0.3, 0.4) is 0 Å². The predicted molar refractivity (Wildman–Crippen MR) is 121 cm³/mol. The third-order valence-corrected chi connectivity index (χ3v) is 7.89. The molecule has 1 amide bonds. The second-order valence-corrected chi connectivity index (χ2v) is 10.3. The number of nitrogens with zero attached hydrogens (tertiary/aromatic N) is 2. The van der Waals surface area contributed by atoms with E-state index in [9.17, 15) is 17.6 Å². The number of carbonyl (C=O) groups is 1. The SMILES string of the molecule is O=C(Nc1cc(Cl)ccc1N1CCOCC1)C1CCCN(S(=O)(=O)c2ccc(F)cc2)C1. The van der Waals surface area contributed by atoms with Gasteiger partial charge in [-0.3, -0.25) is 4.79 Å². The van der Waals surface area contributed by atoms with Crippen LogP contribution in [0.4, 0.5) is 15.8 Å². The van der Waals surface area contributed by atoms with Crippen molar-refractivity contribution in [1.82, 2.24) is 4.31 Å². The molecule has 10 heteroatoms. The van der Waals surface area contributed by atoms with Crippen LogP contribution in [0.1, 0.15) is 12.8 Å². The lowest BCUT2D eigenvalue weighted by atomic mass is 9.98. The number of carbonyl (C=O) groups excluding carboxylic acids is 1. The van der Waals surface area contributed by atoms with Crippen molar-refractivity contribution in [2.24, 2.45) is 5.92 Å². The number of hydrogen-bond donors (Lipinski definition) is 1. The quantitative estimate of drug-likeness (QED) is 0.708. The van der Waals surface area contributed by atoms with Crippen LogP contribution in [-0.2, 0) is 19.6 Å². The van der Waals surface area contributed by atoms with Crippen molar-refractivity contribution in [1.29, 1.82) is 0 Å². The van der Waals surface area contributed by atoms with Crippen LogP contribution in [0.25, 0.3) is 0 Å². The molecule has 172 valence electrons. The Morgan fingerprint density at radius 1 is 1.09 bits per heavy atom. The first-order valence-corrected chi connectivity index (χ1v) is 12.4. The van der Waals surface area contributed by atoms with E-state index in [2.05, 4.69) is 10.2 Å². The molecule has 2 heterocycles. The Balaban J connectivity index is 1.49. The van der Waals surface area contributed by atoms with Crippen LogP contribution in [0.5, 0.6) is 0 Å². The van der Waals surface area contributed by atoms with E-state index in [1.165, 1.54) is 16.4 Å². The predicted octanol–water partition coefficient (Wildman–Crippen LogP) is 3.36. The van der Waals surface area contributed by atoms with Crippen LogP contribution in [0, 0.1) is 11.7 Å². The molecular weight excluding hydrogens is 457 g/mol. The summed E-state index contributed by atoms with van der Waals surface area (Å²) in [5.74, 6) is -1.26. The lowest BCUT2D eigenvalue weighted by molar-refractivity contribution is -0.120. The number of hydrogen-bond acceptors (Lipinski definition) is 5. The molecule has 2 aliphatic heterocycles. The highest BCUT2D eigenvalue weighted by Gasteiger charge is 2.33. The fourth-order valence-electron chi connectivity index (χ4n) is 4.05. The second kappa shape index (κ2) is 9.74. The van der Waals surface area contributed by atoms with Crippen LogP contribution in [-0.4, -0.2) is 58.0 Å². The molecule has 1 unspecified atom stereocenters. The molecule has 4 rings (SSSR count). The first kappa shape index (κ1) is 23.0. The molecule has 2 aliphatic rings. The largest absolute Gasteiger partial charge is 0.378 e. The van der Waals surface area contributed by atoms with Gasteiger partial charge in [-0.1, -0.05) is 11.6 Å². The van der Waals surface area contributed by atoms with Gasteiger partial charge in [0.2, 0.25) is 15.9 Å². The second-order valence-electron chi connectivity index (χ2n) is 7.91. The molecule has 0 aromatic heterocycles. The maximum absolute atomic E-state index is 13.2. The molecule has 2 fully saturated rings. The fourth-order valence-corrected chi connectivity index (χ4v) is 5.75. The standard InChI is InChI=1S/C22H25ClFN3O4S/c23-17-3-8-21(26-10-12-31-13-11-26)20(14-17)25-22(28)16-2-1-9-27(15-16)32(29,30)19-6-4-18(24)5-7-19/h3-8,14,16H,1-2,9-13,15H2,(H,25,28). The summed E-state index contributed by atoms with van der Waals surface area (Å²) in [4.78, 5) is 15.2. The van der Waals surface area contributed by atoms with E-state index in [1.54, 1.807) is 12.1 Å². The summed E-state index contributed by atoms with van der Waals surface area (Å²) >= 11 is 6.18. The Hall–Kier alpha value is -2.20. The third-order valence-electron chi connectivity index (χ3n) is 5.77. The molecule has 32 heavy (non-hydrogen) atoms. The Morgan fingerprint density at radius 2 is 1.81 bits per heavy atom. The highest BCUT2D eigenvalue weighted by atomic mass is 35.5. The molecule has 0 bridgehead atoms. The van der Waals surface area contributed by atoms with Gasteiger partial charge in [0.25, 0.3) is 0 Å². The summed E-state index contributed by atoms with van der Waals surface area (Å²) in [6, 6.07) is 10.1. The molecule has 1 atom stereocenters. The van der Waals surface area contributed by atoms with Crippen molar-refractivity contribution in [3.63, 3.8) is 0 Å². The average molecular weight is 482 g/mol. The van der Waals surface area contributed by atoms with Gasteiger partial charge in [0.15, 0.2) is 0 Å². The number of nitrogens with one attached hydrogen (secondary N) is 1. The van der Waals surface area contributed by atoms with Crippen molar-refractivity contribution in [3.8, 4) is 0 Å². The first-order chi connectivity index (χ1) is 15.3. The van der Waals surface area contributed by atoms with E-state index >= 15 is 0 Å². The summed E-state index contributed by atoms with van der Waals surface area (Å²) in [5.41, 5.74) is 1.46. The molecule has 0 spiro atoms. The maximum atomic E-state index is 13.2. The van der Waals surface area contributed by atoms with Gasteiger partial charge in [0.1, 0.15) is 5.82 Å². The Morgan fingerprint density at radius 3 is 2.53 bits per heavy atom. The minimum atomic E-state index is -3.81. The number of rotatable bonds is 5. The zero-order chi connectivity index (χ0) is 22.7. The average Bonchev–Trinajstić information content (AvgIpc) is 2.80. The van der Waals surface area contributed by atoms with Gasteiger partial charge in [0, 0.05) is 31.2 Å². The Bertz CT molecular complexity index is 1080. The number of sulfonamides is 1. The number of morpholine rings is 1. The molecule has 2 aromatic rings. The molecule has 1 N–H and O–H groups in total.